The fourth-order valence-corrected chi connectivity index (χ4v) is 5.80. The van der Waals surface area contributed by atoms with E-state index in [9.17, 15) is 18.0 Å². The van der Waals surface area contributed by atoms with Crippen molar-refractivity contribution in [2.45, 2.75) is 31.7 Å². The first-order valence-electron chi connectivity index (χ1n) is 9.39. The van der Waals surface area contributed by atoms with Crippen molar-refractivity contribution < 1.29 is 22.7 Å². The lowest BCUT2D eigenvalue weighted by Gasteiger charge is -2.23. The van der Waals surface area contributed by atoms with E-state index in [4.69, 9.17) is 4.74 Å². The summed E-state index contributed by atoms with van der Waals surface area (Å²) >= 11 is 0. The molecule has 7 nitrogen and oxygen atoms in total. The van der Waals surface area contributed by atoms with Crippen LogP contribution in [0.5, 0.6) is 0 Å². The van der Waals surface area contributed by atoms with Crippen LogP contribution in [-0.4, -0.2) is 61.4 Å². The van der Waals surface area contributed by atoms with Gasteiger partial charge in [0.15, 0.2) is 16.4 Å². The highest BCUT2D eigenvalue weighted by Gasteiger charge is 2.33. The summed E-state index contributed by atoms with van der Waals surface area (Å²) in [5.74, 6) is -0.876. The Balaban J connectivity index is 1.51. The maximum absolute atomic E-state index is 12.9. The SMILES string of the molecule is CN(C(=O)COC(=O)c1c2c(nc3ccccc13)CCC2)C1CCS(=O)(=O)C1. The van der Waals surface area contributed by atoms with Gasteiger partial charge in [-0.05, 0) is 37.3 Å². The van der Waals surface area contributed by atoms with Gasteiger partial charge in [0.2, 0.25) is 0 Å². The number of likely N-dealkylation sites (N-methyl/N-ethyl adjacent to an activating group) is 1. The molecule has 0 saturated carbocycles. The number of sulfone groups is 1. The van der Waals surface area contributed by atoms with Gasteiger partial charge in [-0.1, -0.05) is 18.2 Å². The van der Waals surface area contributed by atoms with E-state index in [0.29, 0.717) is 12.0 Å². The minimum Gasteiger partial charge on any atom is -0.452 e. The maximum Gasteiger partial charge on any atom is 0.339 e. The number of pyridine rings is 1. The summed E-state index contributed by atoms with van der Waals surface area (Å²) in [6.45, 7) is -0.405. The van der Waals surface area contributed by atoms with Crippen molar-refractivity contribution in [1.82, 2.24) is 9.88 Å². The molecule has 0 radical (unpaired) electrons. The minimum atomic E-state index is -3.09. The number of amides is 1. The predicted octanol–water partition coefficient (Wildman–Crippen LogP) is 1.53. The molecule has 0 spiro atoms. The van der Waals surface area contributed by atoms with Crippen molar-refractivity contribution in [3.8, 4) is 0 Å². The number of nitrogens with zero attached hydrogens (tertiary/aromatic N) is 2. The molecule has 4 rings (SSSR count). The molecular formula is C20H22N2O5S. The number of esters is 1. The van der Waals surface area contributed by atoms with Crippen LogP contribution in [0.15, 0.2) is 24.3 Å². The second kappa shape index (κ2) is 7.16. The number of hydrogen-bond acceptors (Lipinski definition) is 6. The lowest BCUT2D eigenvalue weighted by Crippen LogP contribution is -2.40. The van der Waals surface area contributed by atoms with E-state index < -0.39 is 28.3 Å². The Morgan fingerprint density at radius 1 is 1.25 bits per heavy atom. The maximum atomic E-state index is 12.9. The van der Waals surface area contributed by atoms with Crippen LogP contribution in [0.4, 0.5) is 0 Å². The first-order valence-corrected chi connectivity index (χ1v) is 11.2. The first-order chi connectivity index (χ1) is 13.4. The summed E-state index contributed by atoms with van der Waals surface area (Å²) in [4.78, 5) is 31.3. The van der Waals surface area contributed by atoms with Crippen LogP contribution in [0.25, 0.3) is 10.9 Å². The zero-order valence-electron chi connectivity index (χ0n) is 15.7. The van der Waals surface area contributed by atoms with Gasteiger partial charge in [0, 0.05) is 24.2 Å². The predicted molar refractivity (Wildman–Crippen MR) is 104 cm³/mol. The van der Waals surface area contributed by atoms with Gasteiger partial charge >= 0.3 is 5.97 Å². The van der Waals surface area contributed by atoms with Crippen LogP contribution in [0.3, 0.4) is 0 Å². The van der Waals surface area contributed by atoms with Gasteiger partial charge in [-0.2, -0.15) is 0 Å². The summed E-state index contributed by atoms with van der Waals surface area (Å²) in [5.41, 5.74) is 3.07. The standard InChI is InChI=1S/C20H22N2O5S/c1-22(13-9-10-28(25,26)12-13)18(23)11-27-20(24)19-14-5-2-3-7-16(14)21-17-8-4-6-15(17)19/h2-3,5,7,13H,4,6,8-12H2,1H3. The van der Waals surface area contributed by atoms with E-state index in [1.807, 2.05) is 24.3 Å². The lowest BCUT2D eigenvalue weighted by molar-refractivity contribution is -0.134. The smallest absolute Gasteiger partial charge is 0.339 e. The Morgan fingerprint density at radius 2 is 2.04 bits per heavy atom. The highest BCUT2D eigenvalue weighted by atomic mass is 32.2. The normalized spacial score (nSPS) is 20.1. The van der Waals surface area contributed by atoms with E-state index in [0.717, 1.165) is 41.4 Å². The molecule has 1 aromatic heterocycles. The van der Waals surface area contributed by atoms with Crippen molar-refractivity contribution in [3.05, 3.63) is 41.1 Å². The van der Waals surface area contributed by atoms with Crippen LogP contribution < -0.4 is 0 Å². The van der Waals surface area contributed by atoms with Crippen molar-refractivity contribution in [2.24, 2.45) is 0 Å². The van der Waals surface area contributed by atoms with E-state index in [1.165, 1.54) is 4.90 Å². The highest BCUT2D eigenvalue weighted by Crippen LogP contribution is 2.30. The number of hydrogen-bond donors (Lipinski definition) is 0. The number of aromatic nitrogens is 1. The highest BCUT2D eigenvalue weighted by molar-refractivity contribution is 7.91. The summed E-state index contributed by atoms with van der Waals surface area (Å²) in [7, 11) is -1.53. The largest absolute Gasteiger partial charge is 0.452 e. The second-order valence-corrected chi connectivity index (χ2v) is 9.65. The number of aryl methyl sites for hydroxylation is 1. The molecule has 8 heteroatoms. The van der Waals surface area contributed by atoms with Crippen LogP contribution in [0.1, 0.15) is 34.5 Å². The summed E-state index contributed by atoms with van der Waals surface area (Å²) < 4.78 is 28.6. The molecule has 1 aliphatic carbocycles. The molecule has 1 fully saturated rings. The Bertz CT molecular complexity index is 1060. The molecule has 2 aliphatic rings. The number of ether oxygens (including phenoxy) is 1. The molecule has 1 amide bonds. The number of fused-ring (bicyclic) bond motifs is 2. The van der Waals surface area contributed by atoms with Crippen LogP contribution in [0, 0.1) is 0 Å². The molecule has 1 saturated heterocycles. The molecule has 1 aromatic carbocycles. The van der Waals surface area contributed by atoms with Crippen LogP contribution in [-0.2, 0) is 32.2 Å². The Labute approximate surface area is 163 Å². The topological polar surface area (TPSA) is 93.6 Å². The fourth-order valence-electron chi connectivity index (χ4n) is 4.03. The quantitative estimate of drug-likeness (QED) is 0.720. The van der Waals surface area contributed by atoms with E-state index in [2.05, 4.69) is 4.98 Å². The zero-order chi connectivity index (χ0) is 19.9. The number of carbonyl (C=O) groups is 2. The third kappa shape index (κ3) is 3.48. The van der Waals surface area contributed by atoms with Gasteiger partial charge in [-0.25, -0.2) is 13.2 Å². The number of benzene rings is 1. The average molecular weight is 402 g/mol. The monoisotopic (exact) mass is 402 g/mol. The van der Waals surface area contributed by atoms with Crippen molar-refractivity contribution in [1.29, 1.82) is 0 Å². The van der Waals surface area contributed by atoms with Crippen LogP contribution >= 0.6 is 0 Å². The van der Waals surface area contributed by atoms with E-state index >= 15 is 0 Å². The molecule has 1 unspecified atom stereocenters. The fraction of sp³-hybridized carbons (Fsp3) is 0.450. The summed E-state index contributed by atoms with van der Waals surface area (Å²) in [6.07, 6.45) is 2.96. The van der Waals surface area contributed by atoms with Crippen LogP contribution in [0.2, 0.25) is 0 Å². The molecule has 0 bridgehead atoms. The first kappa shape index (κ1) is 18.9. The van der Waals surface area contributed by atoms with Gasteiger partial charge < -0.3 is 9.64 Å². The number of carbonyl (C=O) groups excluding carboxylic acids is 2. The summed E-state index contributed by atoms with van der Waals surface area (Å²) in [6, 6.07) is 7.07. The van der Waals surface area contributed by atoms with E-state index in [-0.39, 0.29) is 17.5 Å². The third-order valence-electron chi connectivity index (χ3n) is 5.60. The Morgan fingerprint density at radius 3 is 2.79 bits per heavy atom. The van der Waals surface area contributed by atoms with E-state index in [1.54, 1.807) is 7.05 Å². The Hall–Kier alpha value is -2.48. The molecule has 2 aromatic rings. The molecule has 148 valence electrons. The second-order valence-electron chi connectivity index (χ2n) is 7.42. The lowest BCUT2D eigenvalue weighted by atomic mass is 10.0. The summed E-state index contributed by atoms with van der Waals surface area (Å²) in [5, 5.41) is 0.732. The van der Waals surface area contributed by atoms with Crippen molar-refractivity contribution in [2.75, 3.05) is 25.2 Å². The Kier molecular flexibility index (Phi) is 4.82. The van der Waals surface area contributed by atoms with Gasteiger partial charge in [0.25, 0.3) is 5.91 Å². The number of para-hydroxylation sites is 1. The zero-order valence-corrected chi connectivity index (χ0v) is 16.5. The molecular weight excluding hydrogens is 380 g/mol. The van der Waals surface area contributed by atoms with Crippen molar-refractivity contribution >= 4 is 32.6 Å². The van der Waals surface area contributed by atoms with Gasteiger partial charge in [0.1, 0.15) is 0 Å². The molecule has 2 heterocycles. The average Bonchev–Trinajstić information content (AvgIpc) is 3.28. The van der Waals surface area contributed by atoms with Gasteiger partial charge in [-0.15, -0.1) is 0 Å². The van der Waals surface area contributed by atoms with Gasteiger partial charge in [0.05, 0.1) is 22.6 Å². The minimum absolute atomic E-state index is 0.0360. The molecule has 0 N–H and O–H groups in total. The molecule has 28 heavy (non-hydrogen) atoms. The van der Waals surface area contributed by atoms with Gasteiger partial charge in [-0.3, -0.25) is 9.78 Å². The van der Waals surface area contributed by atoms with Crippen molar-refractivity contribution in [3.63, 3.8) is 0 Å². The number of rotatable bonds is 4. The third-order valence-corrected chi connectivity index (χ3v) is 7.35. The molecule has 1 aliphatic heterocycles. The molecule has 1 atom stereocenters.